The highest BCUT2D eigenvalue weighted by Crippen LogP contribution is 2.44. The van der Waals surface area contributed by atoms with Crippen molar-refractivity contribution in [2.45, 2.75) is 13.0 Å². The van der Waals surface area contributed by atoms with Crippen molar-refractivity contribution in [3.63, 3.8) is 0 Å². The normalized spacial score (nSPS) is 16.8. The van der Waals surface area contributed by atoms with Gasteiger partial charge in [-0.15, -0.1) is 0 Å². The number of aliphatic hydroxyl groups is 1. The van der Waals surface area contributed by atoms with Gasteiger partial charge >= 0.3 is 11.9 Å². The number of nitrogens with zero attached hydrogens (tertiary/aromatic N) is 2. The van der Waals surface area contributed by atoms with E-state index in [9.17, 15) is 19.5 Å². The van der Waals surface area contributed by atoms with Gasteiger partial charge in [0, 0.05) is 10.0 Å². The summed E-state index contributed by atoms with van der Waals surface area (Å²) in [6.07, 6.45) is 1.44. The minimum Gasteiger partial charge on any atom is -0.507 e. The number of aromatic nitrogens is 1. The number of aryl methyl sites for hydroxylation is 1. The molecule has 2 heterocycles. The van der Waals surface area contributed by atoms with E-state index in [1.165, 1.54) is 18.1 Å². The number of rotatable bonds is 7. The molecular formula is C26H21BrN2O6S. The average molecular weight is 569 g/mol. The Morgan fingerprint density at radius 2 is 1.97 bits per heavy atom. The molecule has 1 aromatic heterocycles. The SMILES string of the molecule is C=CCOC(=O)c1sc(N2C(=O)C(=O)/C(=C(/O)c3cccc(OC)c3)C2c2ccc(Br)cc2)nc1C. The van der Waals surface area contributed by atoms with Crippen LogP contribution < -0.4 is 9.64 Å². The fourth-order valence-electron chi connectivity index (χ4n) is 3.79. The Labute approximate surface area is 219 Å². The molecule has 1 unspecified atom stereocenters. The number of benzene rings is 2. The molecule has 0 saturated carbocycles. The van der Waals surface area contributed by atoms with Gasteiger partial charge in [-0.25, -0.2) is 9.78 Å². The van der Waals surface area contributed by atoms with E-state index in [1.54, 1.807) is 55.5 Å². The molecule has 1 aliphatic rings. The van der Waals surface area contributed by atoms with E-state index in [0.717, 1.165) is 15.8 Å². The molecule has 4 rings (SSSR count). The van der Waals surface area contributed by atoms with Crippen LogP contribution in [0.5, 0.6) is 5.75 Å². The second-order valence-corrected chi connectivity index (χ2v) is 9.64. The number of ether oxygens (including phenoxy) is 2. The van der Waals surface area contributed by atoms with Crippen molar-refractivity contribution in [2.24, 2.45) is 0 Å². The zero-order valence-electron chi connectivity index (χ0n) is 19.4. The van der Waals surface area contributed by atoms with Crippen molar-refractivity contribution in [1.82, 2.24) is 4.98 Å². The highest BCUT2D eigenvalue weighted by molar-refractivity contribution is 9.10. The van der Waals surface area contributed by atoms with Gasteiger partial charge in [0.15, 0.2) is 5.13 Å². The number of esters is 1. The Hall–Kier alpha value is -3.76. The lowest BCUT2D eigenvalue weighted by Crippen LogP contribution is -2.29. The molecular weight excluding hydrogens is 548 g/mol. The van der Waals surface area contributed by atoms with E-state index in [0.29, 0.717) is 22.6 Å². The second-order valence-electron chi connectivity index (χ2n) is 7.75. The van der Waals surface area contributed by atoms with Gasteiger partial charge in [-0.05, 0) is 36.8 Å². The van der Waals surface area contributed by atoms with Gasteiger partial charge < -0.3 is 14.6 Å². The summed E-state index contributed by atoms with van der Waals surface area (Å²) in [7, 11) is 1.49. The summed E-state index contributed by atoms with van der Waals surface area (Å²) in [5, 5.41) is 11.4. The van der Waals surface area contributed by atoms with Gasteiger partial charge in [-0.1, -0.05) is 64.2 Å². The van der Waals surface area contributed by atoms with Crippen LogP contribution in [0.1, 0.15) is 32.5 Å². The molecule has 1 fully saturated rings. The summed E-state index contributed by atoms with van der Waals surface area (Å²) in [5.74, 6) is -2.21. The zero-order valence-corrected chi connectivity index (χ0v) is 21.8. The van der Waals surface area contributed by atoms with E-state index in [4.69, 9.17) is 9.47 Å². The zero-order chi connectivity index (χ0) is 26.0. The minimum atomic E-state index is -0.980. The smallest absolute Gasteiger partial charge is 0.350 e. The average Bonchev–Trinajstić information content (AvgIpc) is 3.39. The van der Waals surface area contributed by atoms with Crippen LogP contribution in [0, 0.1) is 6.92 Å². The molecule has 0 spiro atoms. The summed E-state index contributed by atoms with van der Waals surface area (Å²) in [6.45, 7) is 5.17. The fourth-order valence-corrected chi connectivity index (χ4v) is 5.04. The molecule has 3 aromatic rings. The molecule has 1 atom stereocenters. The number of carbonyl (C=O) groups excluding carboxylic acids is 3. The summed E-state index contributed by atoms with van der Waals surface area (Å²) < 4.78 is 11.2. The van der Waals surface area contributed by atoms with Gasteiger partial charge in [0.1, 0.15) is 23.0 Å². The summed E-state index contributed by atoms with van der Waals surface area (Å²) in [5.41, 5.74) is 1.15. The van der Waals surface area contributed by atoms with Crippen LogP contribution in [0.2, 0.25) is 0 Å². The number of carbonyl (C=O) groups is 3. The van der Waals surface area contributed by atoms with Crippen molar-refractivity contribution in [3.8, 4) is 5.75 Å². The van der Waals surface area contributed by atoms with Gasteiger partial charge in [-0.2, -0.15) is 0 Å². The lowest BCUT2D eigenvalue weighted by molar-refractivity contribution is -0.132. The Balaban J connectivity index is 1.88. The largest absolute Gasteiger partial charge is 0.507 e. The Morgan fingerprint density at radius 3 is 2.64 bits per heavy atom. The lowest BCUT2D eigenvalue weighted by atomic mass is 9.95. The van der Waals surface area contributed by atoms with Crippen LogP contribution in [-0.2, 0) is 14.3 Å². The maximum Gasteiger partial charge on any atom is 0.350 e. The molecule has 10 heteroatoms. The minimum absolute atomic E-state index is 0.0233. The van der Waals surface area contributed by atoms with Crippen LogP contribution in [0.15, 0.2) is 71.2 Å². The predicted molar refractivity (Wildman–Crippen MR) is 139 cm³/mol. The standard InChI is InChI=1S/C26H21BrN2O6S/c1-4-12-35-25(33)23-14(2)28-26(36-23)29-20(15-8-10-17(27)11-9-15)19(22(31)24(29)32)21(30)16-6-5-7-18(13-16)34-3/h4-11,13,20,30H,1,12H2,2-3H3/b21-19+. The van der Waals surface area contributed by atoms with Crippen molar-refractivity contribution in [3.05, 3.63) is 92.9 Å². The van der Waals surface area contributed by atoms with Gasteiger partial charge in [0.2, 0.25) is 0 Å². The van der Waals surface area contributed by atoms with Crippen molar-refractivity contribution in [2.75, 3.05) is 18.6 Å². The molecule has 0 bridgehead atoms. The summed E-state index contributed by atoms with van der Waals surface area (Å²) >= 11 is 4.33. The Kier molecular flexibility index (Phi) is 7.37. The van der Waals surface area contributed by atoms with E-state index in [-0.39, 0.29) is 27.9 Å². The third-order valence-corrected chi connectivity index (χ3v) is 7.15. The van der Waals surface area contributed by atoms with Crippen LogP contribution in [0.3, 0.4) is 0 Å². The maximum atomic E-state index is 13.3. The highest BCUT2D eigenvalue weighted by Gasteiger charge is 2.48. The quantitative estimate of drug-likeness (QED) is 0.137. The molecule has 1 amide bonds. The first kappa shape index (κ1) is 25.3. The number of thiazole rings is 1. The van der Waals surface area contributed by atoms with Crippen LogP contribution in [-0.4, -0.2) is 41.5 Å². The van der Waals surface area contributed by atoms with Crippen molar-refractivity contribution >= 4 is 55.8 Å². The van der Waals surface area contributed by atoms with Gasteiger partial charge in [0.05, 0.1) is 24.4 Å². The molecule has 36 heavy (non-hydrogen) atoms. The van der Waals surface area contributed by atoms with Crippen molar-refractivity contribution < 1.29 is 29.0 Å². The lowest BCUT2D eigenvalue weighted by Gasteiger charge is -2.23. The molecule has 0 radical (unpaired) electrons. The number of Topliss-reactive ketones (excluding diaryl/α,β-unsaturated/α-hetero) is 1. The molecule has 1 aliphatic heterocycles. The second kappa shape index (κ2) is 10.5. The number of methoxy groups -OCH3 is 1. The number of hydrogen-bond acceptors (Lipinski definition) is 8. The first-order valence-electron chi connectivity index (χ1n) is 10.7. The fraction of sp³-hybridized carbons (Fsp3) is 0.154. The van der Waals surface area contributed by atoms with Crippen LogP contribution in [0.25, 0.3) is 5.76 Å². The number of ketones is 1. The first-order chi connectivity index (χ1) is 17.3. The number of halogens is 1. The van der Waals surface area contributed by atoms with Crippen LogP contribution in [0.4, 0.5) is 5.13 Å². The van der Waals surface area contributed by atoms with Crippen molar-refractivity contribution in [1.29, 1.82) is 0 Å². The monoisotopic (exact) mass is 568 g/mol. The first-order valence-corrected chi connectivity index (χ1v) is 12.3. The number of hydrogen-bond donors (Lipinski definition) is 1. The summed E-state index contributed by atoms with van der Waals surface area (Å²) in [6, 6.07) is 12.6. The highest BCUT2D eigenvalue weighted by atomic mass is 79.9. The maximum absolute atomic E-state index is 13.3. The summed E-state index contributed by atoms with van der Waals surface area (Å²) in [4.78, 5) is 44.9. The number of amides is 1. The third kappa shape index (κ3) is 4.69. The topological polar surface area (TPSA) is 106 Å². The van der Waals surface area contributed by atoms with Crippen LogP contribution >= 0.6 is 27.3 Å². The predicted octanol–water partition coefficient (Wildman–Crippen LogP) is 5.19. The third-order valence-electron chi connectivity index (χ3n) is 5.48. The van der Waals surface area contributed by atoms with E-state index >= 15 is 0 Å². The molecule has 8 nitrogen and oxygen atoms in total. The number of anilines is 1. The molecule has 0 aliphatic carbocycles. The molecule has 1 saturated heterocycles. The number of aliphatic hydroxyl groups excluding tert-OH is 1. The Bertz CT molecular complexity index is 1400. The van der Waals surface area contributed by atoms with Gasteiger partial charge in [-0.3, -0.25) is 14.5 Å². The van der Waals surface area contributed by atoms with E-state index < -0.39 is 23.7 Å². The Morgan fingerprint density at radius 1 is 1.25 bits per heavy atom. The molecule has 2 aromatic carbocycles. The van der Waals surface area contributed by atoms with E-state index in [1.807, 2.05) is 0 Å². The molecule has 184 valence electrons. The van der Waals surface area contributed by atoms with E-state index in [2.05, 4.69) is 27.5 Å². The molecule has 1 N–H and O–H groups in total. The van der Waals surface area contributed by atoms with Gasteiger partial charge in [0.25, 0.3) is 5.78 Å².